The first-order valence-corrected chi connectivity index (χ1v) is 7.40. The topological polar surface area (TPSA) is 72.9 Å². The number of amides is 1. The molecule has 1 amide bonds. The molecule has 1 aromatic rings. The first-order valence-electron chi connectivity index (χ1n) is 6.49. The van der Waals surface area contributed by atoms with Crippen LogP contribution in [0.2, 0.25) is 5.02 Å². The van der Waals surface area contributed by atoms with Gasteiger partial charge in [0.05, 0.1) is 6.61 Å². The Bertz CT molecular complexity index is 592. The molecule has 1 aliphatic heterocycles. The van der Waals surface area contributed by atoms with Crippen molar-refractivity contribution in [1.29, 1.82) is 0 Å². The minimum absolute atomic E-state index is 0.231. The number of carbonyl (C=O) groups excluding carboxylic acids is 3. The molecule has 6 nitrogen and oxygen atoms in total. The van der Waals surface area contributed by atoms with Crippen molar-refractivity contribution in [2.45, 2.75) is 12.5 Å². The second kappa shape index (κ2) is 7.47. The molecule has 0 aliphatic carbocycles. The Labute approximate surface area is 136 Å². The number of nitrogens with zero attached hydrogens (tertiary/aromatic N) is 1. The van der Waals surface area contributed by atoms with Crippen LogP contribution >= 0.6 is 23.2 Å². The van der Waals surface area contributed by atoms with Crippen LogP contribution in [0.1, 0.15) is 6.42 Å². The van der Waals surface area contributed by atoms with E-state index in [1.54, 1.807) is 24.3 Å². The van der Waals surface area contributed by atoms with Crippen molar-refractivity contribution in [1.82, 2.24) is 0 Å². The fourth-order valence-electron chi connectivity index (χ4n) is 2.09. The van der Waals surface area contributed by atoms with Gasteiger partial charge in [0.15, 0.2) is 6.61 Å². The lowest BCUT2D eigenvalue weighted by atomic mass is 10.1. The maximum Gasteiger partial charge on any atom is 0.329 e. The van der Waals surface area contributed by atoms with Crippen molar-refractivity contribution in [2.75, 3.05) is 24.0 Å². The molecule has 22 heavy (non-hydrogen) atoms. The van der Waals surface area contributed by atoms with Gasteiger partial charge in [-0.05, 0) is 18.2 Å². The lowest BCUT2D eigenvalue weighted by Gasteiger charge is -2.26. The van der Waals surface area contributed by atoms with Crippen LogP contribution in [-0.2, 0) is 23.9 Å². The van der Waals surface area contributed by atoms with Crippen LogP contribution in [0.4, 0.5) is 5.69 Å². The van der Waals surface area contributed by atoms with Crippen molar-refractivity contribution in [3.63, 3.8) is 0 Å². The van der Waals surface area contributed by atoms with Gasteiger partial charge in [-0.3, -0.25) is 14.5 Å². The van der Waals surface area contributed by atoms with Crippen molar-refractivity contribution >= 4 is 46.7 Å². The molecule has 1 aliphatic rings. The summed E-state index contributed by atoms with van der Waals surface area (Å²) < 4.78 is 9.63. The second-order valence-corrected chi connectivity index (χ2v) is 5.21. The van der Waals surface area contributed by atoms with E-state index in [9.17, 15) is 14.4 Å². The zero-order valence-corrected chi connectivity index (χ0v) is 13.0. The monoisotopic (exact) mass is 345 g/mol. The number of anilines is 1. The quantitative estimate of drug-likeness (QED) is 0.600. The number of alkyl halides is 1. The molecule has 0 bridgehead atoms. The molecule has 118 valence electrons. The van der Waals surface area contributed by atoms with E-state index in [2.05, 4.69) is 0 Å². The van der Waals surface area contributed by atoms with Crippen molar-refractivity contribution in [3.05, 3.63) is 29.3 Å². The van der Waals surface area contributed by atoms with Gasteiger partial charge < -0.3 is 9.47 Å². The predicted molar refractivity (Wildman–Crippen MR) is 80.0 cm³/mol. The highest BCUT2D eigenvalue weighted by molar-refractivity contribution is 6.31. The summed E-state index contributed by atoms with van der Waals surface area (Å²) in [7, 11) is 0. The Hall–Kier alpha value is -1.79. The van der Waals surface area contributed by atoms with Crippen LogP contribution in [-0.4, -0.2) is 43.0 Å². The third-order valence-electron chi connectivity index (χ3n) is 3.04. The van der Waals surface area contributed by atoms with Gasteiger partial charge in [-0.15, -0.1) is 11.6 Å². The van der Waals surface area contributed by atoms with E-state index in [0.717, 1.165) is 0 Å². The Morgan fingerprint density at radius 2 is 2.18 bits per heavy atom. The zero-order valence-electron chi connectivity index (χ0n) is 11.5. The number of halogens is 2. The highest BCUT2D eigenvalue weighted by atomic mass is 35.5. The van der Waals surface area contributed by atoms with Crippen LogP contribution in [0.3, 0.4) is 0 Å². The molecule has 0 N–H and O–H groups in total. The molecule has 1 unspecified atom stereocenters. The Morgan fingerprint density at radius 1 is 1.41 bits per heavy atom. The smallest absolute Gasteiger partial charge is 0.329 e. The summed E-state index contributed by atoms with van der Waals surface area (Å²) in [6.07, 6.45) is 0.362. The Morgan fingerprint density at radius 3 is 2.77 bits per heavy atom. The summed E-state index contributed by atoms with van der Waals surface area (Å²) in [5.74, 6) is -2.12. The molecular formula is C14H13Cl2NO5. The van der Waals surface area contributed by atoms with Crippen molar-refractivity contribution in [2.24, 2.45) is 0 Å². The lowest BCUT2D eigenvalue weighted by Crippen LogP contribution is -2.45. The second-order valence-electron chi connectivity index (χ2n) is 4.51. The van der Waals surface area contributed by atoms with E-state index >= 15 is 0 Å². The Kier molecular flexibility index (Phi) is 5.63. The number of cyclic esters (lactones) is 1. The number of carbonyl (C=O) groups is 3. The van der Waals surface area contributed by atoms with Gasteiger partial charge in [-0.1, -0.05) is 17.7 Å². The van der Waals surface area contributed by atoms with E-state index in [4.69, 9.17) is 32.7 Å². The summed E-state index contributed by atoms with van der Waals surface area (Å²) in [5, 5.41) is 0.416. The molecule has 0 aromatic heterocycles. The summed E-state index contributed by atoms with van der Waals surface area (Å²) in [6, 6.07) is 5.73. The molecule has 0 radical (unpaired) electrons. The Balaban J connectivity index is 2.23. The number of esters is 2. The van der Waals surface area contributed by atoms with Gasteiger partial charge in [0.2, 0.25) is 0 Å². The number of hydrogen-bond donors (Lipinski definition) is 0. The third kappa shape index (κ3) is 3.90. The third-order valence-corrected chi connectivity index (χ3v) is 3.49. The molecule has 8 heteroatoms. The first kappa shape index (κ1) is 16.6. The largest absolute Gasteiger partial charge is 0.464 e. The molecule has 1 saturated heterocycles. The zero-order chi connectivity index (χ0) is 16.1. The summed E-state index contributed by atoms with van der Waals surface area (Å²) in [4.78, 5) is 36.5. The minimum atomic E-state index is -0.763. The average molecular weight is 346 g/mol. The van der Waals surface area contributed by atoms with Gasteiger partial charge >= 0.3 is 11.9 Å². The van der Waals surface area contributed by atoms with E-state index in [1.165, 1.54) is 4.90 Å². The van der Waals surface area contributed by atoms with Crippen LogP contribution in [0.15, 0.2) is 24.3 Å². The number of rotatable bonds is 5. The summed E-state index contributed by atoms with van der Waals surface area (Å²) in [6.45, 7) is -0.281. The van der Waals surface area contributed by atoms with Crippen molar-refractivity contribution < 1.29 is 23.9 Å². The summed E-state index contributed by atoms with van der Waals surface area (Å²) in [5.41, 5.74) is 0.434. The van der Waals surface area contributed by atoms with Gasteiger partial charge in [0.25, 0.3) is 5.91 Å². The van der Waals surface area contributed by atoms with Gasteiger partial charge in [0, 0.05) is 17.1 Å². The maximum atomic E-state index is 12.4. The molecule has 1 aromatic carbocycles. The average Bonchev–Trinajstić information content (AvgIpc) is 2.91. The fraction of sp³-hybridized carbons (Fsp3) is 0.357. The van der Waals surface area contributed by atoms with Crippen LogP contribution in [0.25, 0.3) is 0 Å². The minimum Gasteiger partial charge on any atom is -0.464 e. The fourth-order valence-corrected chi connectivity index (χ4v) is 2.36. The molecule has 0 spiro atoms. The molecule has 2 rings (SSSR count). The van der Waals surface area contributed by atoms with Crippen molar-refractivity contribution in [3.8, 4) is 0 Å². The van der Waals surface area contributed by atoms with E-state index in [1.807, 2.05) is 0 Å². The van der Waals surface area contributed by atoms with E-state index < -0.39 is 30.5 Å². The molecule has 1 atom stereocenters. The first-order chi connectivity index (χ1) is 10.5. The number of benzene rings is 1. The predicted octanol–water partition coefficient (Wildman–Crippen LogP) is 1.77. The van der Waals surface area contributed by atoms with Crippen LogP contribution < -0.4 is 4.90 Å². The standard InChI is InChI=1S/C14H13Cl2NO5/c15-7-13(19)22-8-12(18)17(11-4-5-21-14(11)20)10-3-1-2-9(16)6-10/h1-3,6,11H,4-5,7-8H2. The highest BCUT2D eigenvalue weighted by Gasteiger charge is 2.36. The van der Waals surface area contributed by atoms with Gasteiger partial charge in [0.1, 0.15) is 11.9 Å². The highest BCUT2D eigenvalue weighted by Crippen LogP contribution is 2.25. The van der Waals surface area contributed by atoms with E-state index in [0.29, 0.717) is 17.1 Å². The lowest BCUT2D eigenvalue weighted by molar-refractivity contribution is -0.146. The molecule has 1 heterocycles. The number of hydrogen-bond acceptors (Lipinski definition) is 5. The normalized spacial score (nSPS) is 17.0. The summed E-state index contributed by atoms with van der Waals surface area (Å²) >= 11 is 11.2. The van der Waals surface area contributed by atoms with Crippen LogP contribution in [0.5, 0.6) is 0 Å². The molecule has 1 fully saturated rings. The molecule has 0 saturated carbocycles. The van der Waals surface area contributed by atoms with Gasteiger partial charge in [-0.25, -0.2) is 4.79 Å². The van der Waals surface area contributed by atoms with E-state index in [-0.39, 0.29) is 12.5 Å². The molecular weight excluding hydrogens is 333 g/mol. The number of ether oxygens (including phenoxy) is 2. The SMILES string of the molecule is O=C(CCl)OCC(=O)N(c1cccc(Cl)c1)C1CCOC1=O. The maximum absolute atomic E-state index is 12.4. The van der Waals surface area contributed by atoms with Crippen LogP contribution in [0, 0.1) is 0 Å². The van der Waals surface area contributed by atoms with Gasteiger partial charge in [-0.2, -0.15) is 0 Å².